The number of hydrogen-bond donors (Lipinski definition) is 4. The van der Waals surface area contributed by atoms with Gasteiger partial charge in [-0.05, 0) is 38.5 Å². The van der Waals surface area contributed by atoms with Crippen LogP contribution in [0.25, 0.3) is 16.8 Å². The first kappa shape index (κ1) is 31.2. The number of nitrogens with two attached hydrogens (primary N) is 1. The van der Waals surface area contributed by atoms with Crippen molar-refractivity contribution in [1.29, 1.82) is 0 Å². The molecule has 1 unspecified atom stereocenters. The number of ether oxygens (including phenoxy) is 1. The number of nitrogens with zero attached hydrogens (tertiary/aromatic N) is 3. The number of rotatable bonds is 7. The first-order valence-electron chi connectivity index (χ1n) is 12.1. The Balaban J connectivity index is 0.00000462. The number of halogens is 4. The summed E-state index contributed by atoms with van der Waals surface area (Å²) in [5, 5.41) is 14.2. The number of pyridine rings is 1. The molecule has 3 heterocycles. The Bertz CT molecular complexity index is 1570. The molecule has 0 bridgehead atoms. The summed E-state index contributed by atoms with van der Waals surface area (Å²) in [6.07, 6.45) is -0.676. The summed E-state index contributed by atoms with van der Waals surface area (Å²) in [7, 11) is 0. The van der Waals surface area contributed by atoms with Gasteiger partial charge < -0.3 is 31.1 Å². The molecule has 1 fully saturated rings. The highest BCUT2D eigenvalue weighted by molar-refractivity contribution is 5.89. The predicted molar refractivity (Wildman–Crippen MR) is 143 cm³/mol. The lowest BCUT2D eigenvalue weighted by Crippen LogP contribution is -2.51. The van der Waals surface area contributed by atoms with Crippen LogP contribution in [0, 0.1) is 17.5 Å². The van der Waals surface area contributed by atoms with E-state index < -0.39 is 64.9 Å². The van der Waals surface area contributed by atoms with Gasteiger partial charge in [0.25, 0.3) is 5.56 Å². The highest BCUT2D eigenvalue weighted by Gasteiger charge is 2.30. The third-order valence-electron chi connectivity index (χ3n) is 6.26. The van der Waals surface area contributed by atoms with E-state index in [1.807, 2.05) is 0 Å². The summed E-state index contributed by atoms with van der Waals surface area (Å²) in [6.45, 7) is 3.33. The van der Waals surface area contributed by atoms with E-state index in [-0.39, 0.29) is 48.1 Å². The van der Waals surface area contributed by atoms with Gasteiger partial charge in [-0.2, -0.15) is 0 Å². The summed E-state index contributed by atoms with van der Waals surface area (Å²) in [5.41, 5.74) is 3.78. The number of aromatic nitrogens is 2. The molecule has 1 saturated heterocycles. The van der Waals surface area contributed by atoms with Crippen LogP contribution in [0.15, 0.2) is 35.3 Å². The van der Waals surface area contributed by atoms with E-state index in [4.69, 9.17) is 10.8 Å². The molecule has 0 radical (unpaired) electrons. The molecule has 3 aromatic rings. The number of amides is 2. The molecule has 12 nitrogen and oxygen atoms in total. The zero-order valence-corrected chi connectivity index (χ0v) is 22.5. The average Bonchev–Trinajstić information content (AvgIpc) is 3.33. The average molecular weight is 599 g/mol. The van der Waals surface area contributed by atoms with Crippen LogP contribution >= 0.6 is 12.4 Å². The lowest BCUT2D eigenvalue weighted by molar-refractivity contribution is -0.129. The lowest BCUT2D eigenvalue weighted by Gasteiger charge is -2.21. The number of hydrogen-bond acceptors (Lipinski definition) is 8. The molecule has 2 amide bonds. The SMILES string of the molecule is C[C@H](N)C(=O)N[C@@H](C)C(=O)NC1CCN(c2nc3c(-c4ccc(F)cc4F)cc(OC(=O)O)c(=O)n3cc2F)C1.Cl. The maximum absolute atomic E-state index is 15.3. The van der Waals surface area contributed by atoms with Crippen molar-refractivity contribution in [2.45, 2.75) is 38.4 Å². The van der Waals surface area contributed by atoms with Gasteiger partial charge in [0.2, 0.25) is 17.6 Å². The minimum atomic E-state index is -1.83. The number of benzene rings is 1. The molecular weight excluding hydrogens is 573 g/mol. The summed E-state index contributed by atoms with van der Waals surface area (Å²) < 4.78 is 48.7. The van der Waals surface area contributed by atoms with Gasteiger partial charge in [0.1, 0.15) is 23.3 Å². The van der Waals surface area contributed by atoms with Crippen molar-refractivity contribution in [3.8, 4) is 16.9 Å². The quantitative estimate of drug-likeness (QED) is 0.296. The number of anilines is 1. The minimum absolute atomic E-state index is 0. The largest absolute Gasteiger partial charge is 0.511 e. The van der Waals surface area contributed by atoms with Gasteiger partial charge >= 0.3 is 6.16 Å². The number of nitrogens with one attached hydrogen (secondary N) is 2. The van der Waals surface area contributed by atoms with Crippen LogP contribution in [-0.2, 0) is 9.59 Å². The predicted octanol–water partition coefficient (Wildman–Crippen LogP) is 1.80. The number of carbonyl (C=O) groups excluding carboxylic acids is 2. The first-order chi connectivity index (χ1) is 18.8. The molecule has 2 aromatic heterocycles. The Morgan fingerprint density at radius 3 is 2.46 bits per heavy atom. The summed E-state index contributed by atoms with van der Waals surface area (Å²) >= 11 is 0. The zero-order valence-electron chi connectivity index (χ0n) is 21.7. The molecule has 5 N–H and O–H groups in total. The van der Waals surface area contributed by atoms with Crippen LogP contribution in [0.3, 0.4) is 0 Å². The third-order valence-corrected chi connectivity index (χ3v) is 6.26. The summed E-state index contributed by atoms with van der Waals surface area (Å²) in [4.78, 5) is 54.0. The van der Waals surface area contributed by atoms with Crippen molar-refractivity contribution in [3.63, 3.8) is 0 Å². The molecule has 0 spiro atoms. The van der Waals surface area contributed by atoms with Gasteiger partial charge in [-0.25, -0.2) is 22.9 Å². The van der Waals surface area contributed by atoms with E-state index >= 15 is 4.39 Å². The van der Waals surface area contributed by atoms with Crippen molar-refractivity contribution in [2.75, 3.05) is 18.0 Å². The van der Waals surface area contributed by atoms with Crippen LogP contribution in [0.2, 0.25) is 0 Å². The highest BCUT2D eigenvalue weighted by atomic mass is 35.5. The van der Waals surface area contributed by atoms with Gasteiger partial charge in [0, 0.05) is 36.3 Å². The molecule has 4 rings (SSSR count). The number of carboxylic acid groups (broad SMARTS) is 1. The molecule has 16 heteroatoms. The molecule has 1 aromatic carbocycles. The van der Waals surface area contributed by atoms with Gasteiger partial charge in [-0.15, -0.1) is 12.4 Å². The second-order valence-electron chi connectivity index (χ2n) is 9.28. The van der Waals surface area contributed by atoms with Crippen LogP contribution in [-0.4, -0.2) is 63.7 Å². The van der Waals surface area contributed by atoms with E-state index in [1.54, 1.807) is 0 Å². The Kier molecular flexibility index (Phi) is 9.45. The first-order valence-corrected chi connectivity index (χ1v) is 12.1. The van der Waals surface area contributed by atoms with Gasteiger partial charge in [-0.3, -0.25) is 18.8 Å². The second kappa shape index (κ2) is 12.4. The second-order valence-corrected chi connectivity index (χ2v) is 9.28. The van der Waals surface area contributed by atoms with Crippen molar-refractivity contribution >= 4 is 41.8 Å². The number of fused-ring (bicyclic) bond motifs is 1. The van der Waals surface area contributed by atoms with E-state index in [0.717, 1.165) is 24.4 Å². The molecule has 3 atom stereocenters. The summed E-state index contributed by atoms with van der Waals surface area (Å²) in [5.74, 6) is -4.81. The molecular formula is C25H26ClF3N6O6. The van der Waals surface area contributed by atoms with E-state index in [0.29, 0.717) is 16.9 Å². The lowest BCUT2D eigenvalue weighted by atomic mass is 10.1. The van der Waals surface area contributed by atoms with E-state index in [1.165, 1.54) is 18.7 Å². The third kappa shape index (κ3) is 6.69. The van der Waals surface area contributed by atoms with Gasteiger partial charge in [-0.1, -0.05) is 0 Å². The van der Waals surface area contributed by atoms with Crippen molar-refractivity contribution < 1.29 is 37.4 Å². The Hall–Kier alpha value is -4.37. The maximum Gasteiger partial charge on any atom is 0.511 e. The van der Waals surface area contributed by atoms with Crippen LogP contribution in [0.1, 0.15) is 20.3 Å². The molecule has 0 aliphatic carbocycles. The fraction of sp³-hybridized carbons (Fsp3) is 0.320. The smallest absolute Gasteiger partial charge is 0.449 e. The van der Waals surface area contributed by atoms with Gasteiger partial charge in [0.15, 0.2) is 11.6 Å². The highest BCUT2D eigenvalue weighted by Crippen LogP contribution is 2.31. The standard InChI is InChI=1S/C25H25F3N6O6.ClH/c1-11(29)22(35)30-12(2)23(36)31-14-5-6-33(9-14)21-18(28)10-34-20(32-21)16(8-19(24(34)37)40-25(38)39)15-4-3-13(26)7-17(15)27;/h3-4,7-8,10-12,14H,5-6,9,29H2,1-2H3,(H,30,35)(H,31,36)(H,38,39);1H/t11-,12-,14?;/m0./s1. The zero-order chi connectivity index (χ0) is 29.3. The minimum Gasteiger partial charge on any atom is -0.449 e. The fourth-order valence-corrected chi connectivity index (χ4v) is 4.26. The van der Waals surface area contributed by atoms with Crippen molar-refractivity contribution in [2.24, 2.45) is 5.73 Å². The fourth-order valence-electron chi connectivity index (χ4n) is 4.26. The monoisotopic (exact) mass is 598 g/mol. The van der Waals surface area contributed by atoms with Crippen LogP contribution < -0.4 is 31.6 Å². The van der Waals surface area contributed by atoms with Crippen molar-refractivity contribution in [1.82, 2.24) is 20.0 Å². The van der Waals surface area contributed by atoms with E-state index in [9.17, 15) is 28.0 Å². The van der Waals surface area contributed by atoms with E-state index in [2.05, 4.69) is 20.4 Å². The van der Waals surface area contributed by atoms with Gasteiger partial charge in [0.05, 0.1) is 12.2 Å². The molecule has 41 heavy (non-hydrogen) atoms. The molecule has 1 aliphatic rings. The topological polar surface area (TPSA) is 168 Å². The Morgan fingerprint density at radius 2 is 1.83 bits per heavy atom. The summed E-state index contributed by atoms with van der Waals surface area (Å²) in [6, 6.07) is 1.42. The Labute approximate surface area is 236 Å². The Morgan fingerprint density at radius 1 is 1.12 bits per heavy atom. The molecule has 220 valence electrons. The van der Waals surface area contributed by atoms with Crippen molar-refractivity contribution in [3.05, 3.63) is 58.3 Å². The maximum atomic E-state index is 15.3. The number of carbonyl (C=O) groups is 3. The molecule has 1 aliphatic heterocycles. The normalized spacial score (nSPS) is 16.0. The molecule has 0 saturated carbocycles. The van der Waals surface area contributed by atoms with Crippen LogP contribution in [0.4, 0.5) is 23.8 Å². The van der Waals surface area contributed by atoms with Crippen LogP contribution in [0.5, 0.6) is 5.75 Å².